The average molecular weight is 420 g/mol. The molecule has 0 radical (unpaired) electrons. The molecule has 1 aliphatic rings. The van der Waals surface area contributed by atoms with Gasteiger partial charge in [-0.05, 0) is 36.4 Å². The van der Waals surface area contributed by atoms with Gasteiger partial charge in [0.25, 0.3) is 5.91 Å². The number of ketones is 1. The number of fused-ring (bicyclic) bond motifs is 2. The first-order valence-electron chi connectivity index (χ1n) is 9.73. The van der Waals surface area contributed by atoms with Gasteiger partial charge in [-0.2, -0.15) is 0 Å². The highest BCUT2D eigenvalue weighted by Crippen LogP contribution is 2.42. The molecule has 152 valence electrons. The van der Waals surface area contributed by atoms with Gasteiger partial charge < -0.3 is 10.1 Å². The topological polar surface area (TPSA) is 72.5 Å². The quantitative estimate of drug-likeness (QED) is 0.374. The van der Waals surface area contributed by atoms with Crippen molar-refractivity contribution in [2.75, 3.05) is 12.4 Å². The predicted octanol–water partition coefficient (Wildman–Crippen LogP) is 4.21. The highest BCUT2D eigenvalue weighted by molar-refractivity contribution is 8.00. The molecule has 0 bridgehead atoms. The maximum Gasteiger partial charge on any atom is 0.316 e. The Hall–Kier alpha value is -3.12. The van der Waals surface area contributed by atoms with Crippen molar-refractivity contribution in [2.45, 2.75) is 24.8 Å². The molecule has 0 aromatic heterocycles. The summed E-state index contributed by atoms with van der Waals surface area (Å²) in [7, 11) is 0. The summed E-state index contributed by atoms with van der Waals surface area (Å²) in [4.78, 5) is 37.6. The Balaban J connectivity index is 1.56. The number of nitrogens with one attached hydrogen (secondary N) is 1. The number of hydrogen-bond donors (Lipinski definition) is 1. The third-order valence-electron chi connectivity index (χ3n) is 4.87. The zero-order chi connectivity index (χ0) is 21.3. The Morgan fingerprint density at radius 2 is 1.67 bits per heavy atom. The number of thioether (sulfide) groups is 1. The van der Waals surface area contributed by atoms with Crippen LogP contribution in [0.2, 0.25) is 0 Å². The molecule has 0 atom stereocenters. The maximum absolute atomic E-state index is 13.0. The van der Waals surface area contributed by atoms with E-state index in [4.69, 9.17) is 4.74 Å². The normalized spacial score (nSPS) is 12.0. The van der Waals surface area contributed by atoms with E-state index in [9.17, 15) is 14.4 Å². The number of carbonyl (C=O) groups excluding carboxylic acids is 3. The van der Waals surface area contributed by atoms with Crippen LogP contribution in [0.1, 0.15) is 29.8 Å². The zero-order valence-electron chi connectivity index (χ0n) is 16.7. The van der Waals surface area contributed by atoms with E-state index in [2.05, 4.69) is 5.32 Å². The molecule has 0 spiro atoms. The summed E-state index contributed by atoms with van der Waals surface area (Å²) < 4.78 is 5.06. The number of benzene rings is 3. The number of esters is 1. The lowest BCUT2D eigenvalue weighted by Crippen LogP contribution is -2.34. The Morgan fingerprint density at radius 3 is 2.43 bits per heavy atom. The fourth-order valence-electron chi connectivity index (χ4n) is 3.67. The van der Waals surface area contributed by atoms with Gasteiger partial charge in [-0.15, -0.1) is 11.8 Å². The Bertz CT molecular complexity index is 1170. The van der Waals surface area contributed by atoms with Crippen LogP contribution >= 0.6 is 11.8 Å². The van der Waals surface area contributed by atoms with Crippen molar-refractivity contribution in [1.82, 2.24) is 5.32 Å². The van der Waals surface area contributed by atoms with E-state index in [1.165, 1.54) is 11.8 Å². The largest absolute Gasteiger partial charge is 0.455 e. The molecule has 3 aromatic rings. The van der Waals surface area contributed by atoms with Crippen LogP contribution in [0.5, 0.6) is 0 Å². The second kappa shape index (κ2) is 8.32. The average Bonchev–Trinajstić information content (AvgIpc) is 2.74. The number of carbonyl (C=O) groups is 3. The molecule has 0 unspecified atom stereocenters. The van der Waals surface area contributed by atoms with Gasteiger partial charge in [0.05, 0.1) is 5.75 Å². The summed E-state index contributed by atoms with van der Waals surface area (Å²) in [5.74, 6) is -0.678. The van der Waals surface area contributed by atoms with Crippen molar-refractivity contribution in [1.29, 1.82) is 0 Å². The molecule has 30 heavy (non-hydrogen) atoms. The summed E-state index contributed by atoms with van der Waals surface area (Å²) >= 11 is 1.34. The van der Waals surface area contributed by atoms with E-state index < -0.39 is 5.97 Å². The molecule has 3 aromatic carbocycles. The van der Waals surface area contributed by atoms with Crippen molar-refractivity contribution in [3.05, 3.63) is 65.7 Å². The molecular formula is C24H21NO4S. The van der Waals surface area contributed by atoms with E-state index in [1.807, 2.05) is 68.4 Å². The molecule has 5 nitrogen and oxygen atoms in total. The Kier molecular flexibility index (Phi) is 5.59. The first kappa shape index (κ1) is 20.2. The third-order valence-corrected chi connectivity index (χ3v) is 5.91. The number of amides is 1. The van der Waals surface area contributed by atoms with E-state index >= 15 is 0 Å². The summed E-state index contributed by atoms with van der Waals surface area (Å²) in [6.45, 7) is 3.40. The minimum Gasteiger partial charge on any atom is -0.455 e. The van der Waals surface area contributed by atoms with E-state index in [1.54, 1.807) is 0 Å². The number of ether oxygens (including phenoxy) is 1. The van der Waals surface area contributed by atoms with Gasteiger partial charge in [-0.25, -0.2) is 0 Å². The monoisotopic (exact) mass is 419 g/mol. The van der Waals surface area contributed by atoms with Crippen molar-refractivity contribution in [3.8, 4) is 11.1 Å². The van der Waals surface area contributed by atoms with Crippen LogP contribution in [0.3, 0.4) is 0 Å². The Morgan fingerprint density at radius 1 is 0.933 bits per heavy atom. The van der Waals surface area contributed by atoms with E-state index in [-0.39, 0.29) is 30.1 Å². The fourth-order valence-corrected chi connectivity index (χ4v) is 4.52. The van der Waals surface area contributed by atoms with Gasteiger partial charge in [-0.1, -0.05) is 48.5 Å². The summed E-state index contributed by atoms with van der Waals surface area (Å²) in [5.41, 5.74) is 3.34. The van der Waals surface area contributed by atoms with Crippen molar-refractivity contribution >= 4 is 40.2 Å². The summed E-state index contributed by atoms with van der Waals surface area (Å²) in [6.07, 6.45) is 0. The second-order valence-electron chi connectivity index (χ2n) is 7.39. The minimum atomic E-state index is -0.458. The lowest BCUT2D eigenvalue weighted by Gasteiger charge is -2.21. The molecule has 4 rings (SSSR count). The summed E-state index contributed by atoms with van der Waals surface area (Å²) in [5, 5.41) is 4.53. The first-order chi connectivity index (χ1) is 14.5. The molecule has 6 heteroatoms. The molecule has 1 N–H and O–H groups in total. The number of hydrogen-bond acceptors (Lipinski definition) is 5. The third kappa shape index (κ3) is 3.83. The van der Waals surface area contributed by atoms with Crippen molar-refractivity contribution in [2.24, 2.45) is 0 Å². The molecule has 0 fully saturated rings. The molecule has 1 aliphatic carbocycles. The lowest BCUT2D eigenvalue weighted by molar-refractivity contribution is -0.146. The van der Waals surface area contributed by atoms with Crippen LogP contribution in [0.4, 0.5) is 0 Å². The Labute approximate surface area is 178 Å². The molecule has 0 heterocycles. The smallest absolute Gasteiger partial charge is 0.316 e. The highest BCUT2D eigenvalue weighted by atomic mass is 32.2. The first-order valence-corrected chi connectivity index (χ1v) is 10.7. The molecule has 0 saturated carbocycles. The van der Waals surface area contributed by atoms with Gasteiger partial charge in [-0.3, -0.25) is 14.4 Å². The van der Waals surface area contributed by atoms with Crippen LogP contribution in [0, 0.1) is 0 Å². The zero-order valence-corrected chi connectivity index (χ0v) is 17.5. The highest BCUT2D eigenvalue weighted by Gasteiger charge is 2.25. The van der Waals surface area contributed by atoms with Gasteiger partial charge in [0.2, 0.25) is 0 Å². The predicted molar refractivity (Wildman–Crippen MR) is 118 cm³/mol. The molecule has 0 aliphatic heterocycles. The summed E-state index contributed by atoms with van der Waals surface area (Å²) in [6, 6.07) is 17.3. The standard InChI is InChI=1S/C24H21NO4S/c1-14(2)25-21(26)12-29-22(27)13-30-20-11-10-16-15-6-3-4-7-17(15)24(28)19-9-5-8-18(20)23(16)19/h3-11,14H,12-13H2,1-2H3,(H,25,26). The number of rotatable bonds is 6. The van der Waals surface area contributed by atoms with Gasteiger partial charge in [0.15, 0.2) is 12.4 Å². The maximum atomic E-state index is 13.0. The van der Waals surface area contributed by atoms with Crippen LogP contribution in [-0.2, 0) is 14.3 Å². The van der Waals surface area contributed by atoms with Gasteiger partial charge in [0.1, 0.15) is 0 Å². The second-order valence-corrected chi connectivity index (χ2v) is 8.40. The van der Waals surface area contributed by atoms with Gasteiger partial charge >= 0.3 is 5.97 Å². The van der Waals surface area contributed by atoms with Crippen molar-refractivity contribution in [3.63, 3.8) is 0 Å². The van der Waals surface area contributed by atoms with Crippen LogP contribution in [0.15, 0.2) is 59.5 Å². The van der Waals surface area contributed by atoms with Crippen LogP contribution in [0.25, 0.3) is 21.9 Å². The minimum absolute atomic E-state index is 0.00365. The van der Waals surface area contributed by atoms with E-state index in [0.717, 1.165) is 26.8 Å². The SMILES string of the molecule is CC(C)NC(=O)COC(=O)CSc1ccc2c3c(cccc13)C(=O)c1ccccc1-2. The molecule has 1 amide bonds. The fraction of sp³-hybridized carbons (Fsp3) is 0.208. The van der Waals surface area contributed by atoms with Crippen LogP contribution in [-0.4, -0.2) is 36.1 Å². The van der Waals surface area contributed by atoms with Crippen molar-refractivity contribution < 1.29 is 19.1 Å². The van der Waals surface area contributed by atoms with Gasteiger partial charge in [0, 0.05) is 27.5 Å². The molecular weight excluding hydrogens is 398 g/mol. The lowest BCUT2D eigenvalue weighted by atomic mass is 9.83. The van der Waals surface area contributed by atoms with Crippen LogP contribution < -0.4 is 5.32 Å². The van der Waals surface area contributed by atoms with E-state index in [0.29, 0.717) is 11.1 Å². The molecule has 0 saturated heterocycles.